The fourth-order valence-electron chi connectivity index (χ4n) is 2.25. The molecule has 0 radical (unpaired) electrons. The molecule has 9 heteroatoms. The molecule has 1 atom stereocenters. The first-order chi connectivity index (χ1) is 13.3. The Bertz CT molecular complexity index is 1020. The number of nitrogens with one attached hydrogen (secondary N) is 1. The van der Waals surface area contributed by atoms with Crippen molar-refractivity contribution in [2.45, 2.75) is 13.0 Å². The molecule has 0 aliphatic carbocycles. The number of ether oxygens (including phenoxy) is 1. The molecule has 1 aromatic heterocycles. The molecule has 3 aromatic rings. The van der Waals surface area contributed by atoms with E-state index in [0.29, 0.717) is 16.1 Å². The molecule has 1 amide bonds. The average Bonchev–Trinajstić information content (AvgIpc) is 3.05. The fourth-order valence-corrected chi connectivity index (χ4v) is 3.17. The number of benzene rings is 2. The van der Waals surface area contributed by atoms with Crippen molar-refractivity contribution in [2.24, 2.45) is 0 Å². The number of carbonyl (C=O) groups is 2. The quantitative estimate of drug-likeness (QED) is 0.427. The number of aromatic nitrogens is 1. The molecule has 2 aromatic carbocycles. The lowest BCUT2D eigenvalue weighted by Crippen LogP contribution is -2.29. The van der Waals surface area contributed by atoms with Crippen molar-refractivity contribution in [3.8, 4) is 0 Å². The Morgan fingerprint density at radius 1 is 1.18 bits per heavy atom. The minimum Gasteiger partial charge on any atom is -0.449 e. The fraction of sp³-hybridized carbons (Fsp3) is 0.105. The van der Waals surface area contributed by atoms with Gasteiger partial charge in [-0.25, -0.2) is 9.78 Å². The molecule has 1 heterocycles. The normalized spacial score (nSPS) is 12.3. The van der Waals surface area contributed by atoms with E-state index in [1.54, 1.807) is 12.1 Å². The summed E-state index contributed by atoms with van der Waals surface area (Å²) in [5.41, 5.74) is 1.45. The van der Waals surface area contributed by atoms with Gasteiger partial charge < -0.3 is 14.5 Å². The zero-order valence-corrected chi connectivity index (χ0v) is 16.7. The number of oxazole rings is 1. The summed E-state index contributed by atoms with van der Waals surface area (Å²) in [6, 6.07) is 10.1. The van der Waals surface area contributed by atoms with E-state index in [1.165, 1.54) is 25.1 Å². The summed E-state index contributed by atoms with van der Waals surface area (Å²) in [4.78, 5) is 28.4. The lowest BCUT2D eigenvalue weighted by Gasteiger charge is -2.14. The van der Waals surface area contributed by atoms with Gasteiger partial charge in [-0.05, 0) is 31.2 Å². The van der Waals surface area contributed by atoms with Crippen LogP contribution in [0.5, 0.6) is 0 Å². The molecule has 0 aliphatic rings. The molecule has 0 saturated carbocycles. The van der Waals surface area contributed by atoms with Gasteiger partial charge in [-0.3, -0.25) is 4.79 Å². The third kappa shape index (κ3) is 4.84. The standard InChI is InChI=1S/C19H13Cl3N2O4/c1-10(19(26)24-18-12(21)8-11(20)9-13(18)22)27-17(25)7-6-16-23-14-4-2-3-5-15(14)28-16/h2-10H,1H3,(H,24,26)/b7-6+. The van der Waals surface area contributed by atoms with Crippen molar-refractivity contribution in [3.63, 3.8) is 0 Å². The molecular weight excluding hydrogens is 427 g/mol. The number of amides is 1. The molecule has 144 valence electrons. The van der Waals surface area contributed by atoms with E-state index in [-0.39, 0.29) is 21.6 Å². The molecule has 3 rings (SSSR count). The van der Waals surface area contributed by atoms with E-state index in [2.05, 4.69) is 10.3 Å². The van der Waals surface area contributed by atoms with E-state index in [1.807, 2.05) is 12.1 Å². The number of fused-ring (bicyclic) bond motifs is 1. The van der Waals surface area contributed by atoms with Gasteiger partial charge >= 0.3 is 5.97 Å². The van der Waals surface area contributed by atoms with E-state index in [4.69, 9.17) is 44.0 Å². The minimum atomic E-state index is -1.09. The summed E-state index contributed by atoms with van der Waals surface area (Å²) in [5.74, 6) is -1.09. The van der Waals surface area contributed by atoms with Gasteiger partial charge in [-0.15, -0.1) is 0 Å². The predicted molar refractivity (Wildman–Crippen MR) is 109 cm³/mol. The molecule has 0 fully saturated rings. The van der Waals surface area contributed by atoms with E-state index in [9.17, 15) is 9.59 Å². The van der Waals surface area contributed by atoms with Gasteiger partial charge in [-0.2, -0.15) is 0 Å². The molecular formula is C19H13Cl3N2O4. The van der Waals surface area contributed by atoms with Crippen molar-refractivity contribution in [1.82, 2.24) is 4.98 Å². The van der Waals surface area contributed by atoms with Gasteiger partial charge in [0.25, 0.3) is 5.91 Å². The third-order valence-corrected chi connectivity index (χ3v) is 4.40. The number of carbonyl (C=O) groups excluding carboxylic acids is 2. The summed E-state index contributed by atoms with van der Waals surface area (Å²) in [6.45, 7) is 1.41. The summed E-state index contributed by atoms with van der Waals surface area (Å²) in [7, 11) is 0. The minimum absolute atomic E-state index is 0.167. The number of esters is 1. The third-order valence-electron chi connectivity index (χ3n) is 3.59. The molecule has 0 spiro atoms. The zero-order valence-electron chi connectivity index (χ0n) is 14.4. The van der Waals surface area contributed by atoms with Crippen LogP contribution in [-0.4, -0.2) is 23.0 Å². The Morgan fingerprint density at radius 3 is 2.54 bits per heavy atom. The van der Waals surface area contributed by atoms with Gasteiger partial charge in [0.2, 0.25) is 5.89 Å². The summed E-state index contributed by atoms with van der Waals surface area (Å²) >= 11 is 17.9. The van der Waals surface area contributed by atoms with Crippen molar-refractivity contribution in [2.75, 3.05) is 5.32 Å². The maximum Gasteiger partial charge on any atom is 0.331 e. The van der Waals surface area contributed by atoms with Crippen molar-refractivity contribution in [3.05, 3.63) is 63.4 Å². The number of para-hydroxylation sites is 2. The van der Waals surface area contributed by atoms with Crippen LogP contribution in [0.4, 0.5) is 5.69 Å². The topological polar surface area (TPSA) is 81.4 Å². The van der Waals surface area contributed by atoms with Crippen LogP contribution >= 0.6 is 34.8 Å². The second-order valence-corrected chi connectivity index (χ2v) is 6.92. The van der Waals surface area contributed by atoms with Crippen LogP contribution in [0.15, 0.2) is 46.9 Å². The lowest BCUT2D eigenvalue weighted by molar-refractivity contribution is -0.148. The van der Waals surface area contributed by atoms with Crippen LogP contribution < -0.4 is 5.32 Å². The summed E-state index contributed by atoms with van der Waals surface area (Å²) < 4.78 is 10.5. The van der Waals surface area contributed by atoms with Gasteiger partial charge in [0.1, 0.15) is 5.52 Å². The van der Waals surface area contributed by atoms with Crippen molar-refractivity contribution < 1.29 is 18.7 Å². The number of halogens is 3. The Balaban J connectivity index is 1.61. The molecule has 28 heavy (non-hydrogen) atoms. The molecule has 1 N–H and O–H groups in total. The zero-order chi connectivity index (χ0) is 20.3. The highest BCUT2D eigenvalue weighted by atomic mass is 35.5. The Labute approximate surface area is 175 Å². The van der Waals surface area contributed by atoms with Gasteiger partial charge in [0.05, 0.1) is 15.7 Å². The van der Waals surface area contributed by atoms with Gasteiger partial charge in [0, 0.05) is 17.2 Å². The van der Waals surface area contributed by atoms with Crippen molar-refractivity contribution in [1.29, 1.82) is 0 Å². The maximum atomic E-state index is 12.2. The molecule has 0 aliphatic heterocycles. The number of anilines is 1. The van der Waals surface area contributed by atoms with Crippen LogP contribution in [0, 0.1) is 0 Å². The second kappa shape index (κ2) is 8.65. The first-order valence-electron chi connectivity index (χ1n) is 8.03. The Morgan fingerprint density at radius 2 is 1.86 bits per heavy atom. The van der Waals surface area contributed by atoms with Crippen LogP contribution in [0.1, 0.15) is 12.8 Å². The second-order valence-electron chi connectivity index (χ2n) is 5.67. The largest absolute Gasteiger partial charge is 0.449 e. The molecule has 1 unspecified atom stereocenters. The van der Waals surface area contributed by atoms with E-state index >= 15 is 0 Å². The predicted octanol–water partition coefficient (Wildman–Crippen LogP) is 5.37. The highest BCUT2D eigenvalue weighted by Crippen LogP contribution is 2.33. The Kier molecular flexibility index (Phi) is 6.24. The molecule has 0 saturated heterocycles. The SMILES string of the molecule is CC(OC(=O)/C=C/c1nc2ccccc2o1)C(=O)Nc1c(Cl)cc(Cl)cc1Cl. The van der Waals surface area contributed by atoms with Crippen LogP contribution in [0.2, 0.25) is 15.1 Å². The number of hydrogen-bond acceptors (Lipinski definition) is 5. The van der Waals surface area contributed by atoms with Gasteiger partial charge in [0.15, 0.2) is 11.7 Å². The average molecular weight is 440 g/mol. The molecule has 6 nitrogen and oxygen atoms in total. The monoisotopic (exact) mass is 438 g/mol. The van der Waals surface area contributed by atoms with E-state index in [0.717, 1.165) is 6.08 Å². The van der Waals surface area contributed by atoms with Crippen LogP contribution in [0.3, 0.4) is 0 Å². The smallest absolute Gasteiger partial charge is 0.331 e. The highest BCUT2D eigenvalue weighted by Gasteiger charge is 2.19. The van der Waals surface area contributed by atoms with Crippen LogP contribution in [0.25, 0.3) is 17.2 Å². The van der Waals surface area contributed by atoms with Gasteiger partial charge in [-0.1, -0.05) is 46.9 Å². The number of rotatable bonds is 5. The molecule has 0 bridgehead atoms. The number of nitrogens with zero attached hydrogens (tertiary/aromatic N) is 1. The summed E-state index contributed by atoms with van der Waals surface area (Å²) in [5, 5.41) is 3.17. The van der Waals surface area contributed by atoms with Crippen molar-refractivity contribution >= 4 is 69.5 Å². The maximum absolute atomic E-state index is 12.2. The lowest BCUT2D eigenvalue weighted by atomic mass is 10.3. The summed E-state index contributed by atoms with van der Waals surface area (Å²) in [6.07, 6.45) is 1.39. The number of hydrogen-bond donors (Lipinski definition) is 1. The first-order valence-corrected chi connectivity index (χ1v) is 9.16. The highest BCUT2D eigenvalue weighted by molar-refractivity contribution is 6.42. The van der Waals surface area contributed by atoms with E-state index < -0.39 is 18.0 Å². The first kappa shape index (κ1) is 20.2. The van der Waals surface area contributed by atoms with Crippen LogP contribution in [-0.2, 0) is 14.3 Å². The Hall–Kier alpha value is -2.54.